The molecule has 166 valence electrons. The van der Waals surface area contributed by atoms with Crippen LogP contribution in [0.25, 0.3) is 22.7 Å². The SMILES string of the molecule is CCCCNc1ncnc2c1nc(-c1ccco1)n2[C@@H]1O[C@@H]2COP(O)(=S)O[C@H]2[C@H]1O. The lowest BCUT2D eigenvalue weighted by molar-refractivity contribution is -0.0588. The van der Waals surface area contributed by atoms with Crippen LogP contribution in [0, 0.1) is 0 Å². The molecule has 11 nitrogen and oxygen atoms in total. The second-order valence-corrected chi connectivity index (χ2v) is 10.1. The minimum Gasteiger partial charge on any atom is -0.461 e. The van der Waals surface area contributed by atoms with Gasteiger partial charge in [0.2, 0.25) is 0 Å². The van der Waals surface area contributed by atoms with Gasteiger partial charge in [0.05, 0.1) is 12.9 Å². The molecule has 2 saturated heterocycles. The van der Waals surface area contributed by atoms with Gasteiger partial charge < -0.3 is 29.0 Å². The summed E-state index contributed by atoms with van der Waals surface area (Å²) in [5, 5.41) is 14.3. The molecule has 13 heteroatoms. The second-order valence-electron chi connectivity index (χ2n) is 7.35. The monoisotopic (exact) mass is 467 g/mol. The van der Waals surface area contributed by atoms with Crippen LogP contribution in [0.3, 0.4) is 0 Å². The van der Waals surface area contributed by atoms with E-state index in [4.69, 9.17) is 35.0 Å². The molecular formula is C18H22N5O6PS. The number of rotatable bonds is 6. The van der Waals surface area contributed by atoms with Crippen molar-refractivity contribution in [1.29, 1.82) is 0 Å². The highest BCUT2D eigenvalue weighted by Crippen LogP contribution is 2.53. The van der Waals surface area contributed by atoms with E-state index in [1.807, 2.05) is 0 Å². The first kappa shape index (κ1) is 21.0. The van der Waals surface area contributed by atoms with Crippen molar-refractivity contribution in [2.45, 2.75) is 44.3 Å². The zero-order valence-corrected chi connectivity index (χ0v) is 18.3. The Morgan fingerprint density at radius 3 is 3.03 bits per heavy atom. The Morgan fingerprint density at radius 2 is 2.26 bits per heavy atom. The van der Waals surface area contributed by atoms with Crippen LogP contribution in [0.15, 0.2) is 29.1 Å². The van der Waals surface area contributed by atoms with Gasteiger partial charge >= 0.3 is 6.72 Å². The van der Waals surface area contributed by atoms with Crippen LogP contribution in [-0.4, -0.2) is 61.0 Å². The normalized spacial score (nSPS) is 30.5. The summed E-state index contributed by atoms with van der Waals surface area (Å²) >= 11 is 4.94. The minimum absolute atomic E-state index is 0.0214. The number of ether oxygens (including phenoxy) is 1. The maximum atomic E-state index is 11.0. The van der Waals surface area contributed by atoms with E-state index < -0.39 is 31.3 Å². The van der Waals surface area contributed by atoms with Crippen molar-refractivity contribution in [3.63, 3.8) is 0 Å². The smallest absolute Gasteiger partial charge is 0.325 e. The van der Waals surface area contributed by atoms with Crippen molar-refractivity contribution in [3.05, 3.63) is 24.7 Å². The largest absolute Gasteiger partial charge is 0.461 e. The molecule has 1 unspecified atom stereocenters. The number of furan rings is 1. The summed E-state index contributed by atoms with van der Waals surface area (Å²) in [6, 6.07) is 3.51. The van der Waals surface area contributed by atoms with Gasteiger partial charge in [0.1, 0.15) is 24.6 Å². The highest BCUT2D eigenvalue weighted by molar-refractivity contribution is 8.07. The minimum atomic E-state index is -3.41. The molecule has 5 heterocycles. The number of aliphatic hydroxyl groups is 1. The number of fused-ring (bicyclic) bond motifs is 2. The molecule has 0 spiro atoms. The zero-order chi connectivity index (χ0) is 21.6. The lowest BCUT2D eigenvalue weighted by Crippen LogP contribution is -2.39. The number of hydrogen-bond acceptors (Lipinski definition) is 10. The van der Waals surface area contributed by atoms with E-state index in [0.29, 0.717) is 28.6 Å². The van der Waals surface area contributed by atoms with Gasteiger partial charge in [0.25, 0.3) is 0 Å². The quantitative estimate of drug-likeness (QED) is 0.363. The third kappa shape index (κ3) is 3.78. The van der Waals surface area contributed by atoms with Gasteiger partial charge in [-0.3, -0.25) is 9.09 Å². The summed E-state index contributed by atoms with van der Waals surface area (Å²) in [6.45, 7) is -0.544. The van der Waals surface area contributed by atoms with Crippen molar-refractivity contribution < 1.29 is 28.2 Å². The summed E-state index contributed by atoms with van der Waals surface area (Å²) in [5.74, 6) is 1.49. The molecule has 3 N–H and O–H groups in total. The van der Waals surface area contributed by atoms with Crippen molar-refractivity contribution in [2.75, 3.05) is 18.5 Å². The molecule has 2 aliphatic rings. The Labute approximate surface area is 182 Å². The molecule has 3 aromatic heterocycles. The van der Waals surface area contributed by atoms with Gasteiger partial charge in [-0.15, -0.1) is 0 Å². The number of nitrogens with zero attached hydrogens (tertiary/aromatic N) is 4. The number of aromatic nitrogens is 4. The number of hydrogen-bond donors (Lipinski definition) is 3. The standard InChI is InChI=1S/C18H22N5O6PS/c1-2-3-6-19-15-12-17(21-9-20-15)23(16(22-12)10-5-4-7-26-10)18-13(24)14-11(28-18)8-27-30(25,31)29-14/h4-5,7,9,11,13-14,18,24H,2-3,6,8H2,1H3,(H,25,31)(H,19,20,21)/t11-,13-,14-,18-,30?/m1/s1. The Hall–Kier alpha value is -1.92. The summed E-state index contributed by atoms with van der Waals surface area (Å²) < 4.78 is 24.0. The van der Waals surface area contributed by atoms with E-state index in [9.17, 15) is 10.00 Å². The maximum Gasteiger partial charge on any atom is 0.325 e. The summed E-state index contributed by atoms with van der Waals surface area (Å²) in [7, 11) is 0. The fourth-order valence-corrected chi connectivity index (χ4v) is 5.24. The van der Waals surface area contributed by atoms with Gasteiger partial charge in [0, 0.05) is 6.54 Å². The van der Waals surface area contributed by atoms with Crippen LogP contribution >= 0.6 is 6.72 Å². The van der Waals surface area contributed by atoms with E-state index in [-0.39, 0.29) is 6.61 Å². The van der Waals surface area contributed by atoms with E-state index in [2.05, 4.69) is 22.2 Å². The predicted molar refractivity (Wildman–Crippen MR) is 114 cm³/mol. The molecule has 0 radical (unpaired) electrons. The third-order valence-electron chi connectivity index (χ3n) is 5.26. The van der Waals surface area contributed by atoms with Gasteiger partial charge in [-0.25, -0.2) is 15.0 Å². The first-order valence-electron chi connectivity index (χ1n) is 9.98. The van der Waals surface area contributed by atoms with E-state index in [1.54, 1.807) is 16.7 Å². The summed E-state index contributed by atoms with van der Waals surface area (Å²) in [5.41, 5.74) is 0.993. The molecule has 0 aliphatic carbocycles. The second kappa shape index (κ2) is 8.21. The number of unbranched alkanes of at least 4 members (excludes halogenated alkanes) is 1. The average Bonchev–Trinajstić information content (AvgIpc) is 3.46. The molecule has 0 aromatic carbocycles. The molecular weight excluding hydrogens is 445 g/mol. The fourth-order valence-electron chi connectivity index (χ4n) is 3.79. The van der Waals surface area contributed by atoms with E-state index >= 15 is 0 Å². The lowest BCUT2D eigenvalue weighted by Gasteiger charge is -2.30. The zero-order valence-electron chi connectivity index (χ0n) is 16.6. The predicted octanol–water partition coefficient (Wildman–Crippen LogP) is 2.19. The molecule has 0 amide bonds. The summed E-state index contributed by atoms with van der Waals surface area (Å²) in [4.78, 5) is 23.5. The van der Waals surface area contributed by atoms with Crippen molar-refractivity contribution in [3.8, 4) is 11.6 Å². The van der Waals surface area contributed by atoms with E-state index in [0.717, 1.165) is 19.4 Å². The van der Waals surface area contributed by atoms with Crippen LogP contribution in [0.1, 0.15) is 26.0 Å². The summed E-state index contributed by atoms with van der Waals surface area (Å²) in [6.07, 6.45) is 1.51. The van der Waals surface area contributed by atoms with Gasteiger partial charge in [0.15, 0.2) is 34.8 Å². The molecule has 31 heavy (non-hydrogen) atoms. The highest BCUT2D eigenvalue weighted by atomic mass is 32.5. The van der Waals surface area contributed by atoms with Crippen molar-refractivity contribution in [1.82, 2.24) is 19.5 Å². The number of anilines is 1. The van der Waals surface area contributed by atoms with Crippen LogP contribution in [0.4, 0.5) is 5.82 Å². The first-order chi connectivity index (χ1) is 15.0. The van der Waals surface area contributed by atoms with Crippen LogP contribution in [0.2, 0.25) is 0 Å². The Morgan fingerprint density at radius 1 is 1.39 bits per heavy atom. The van der Waals surface area contributed by atoms with Gasteiger partial charge in [-0.2, -0.15) is 0 Å². The molecule has 3 aromatic rings. The Bertz CT molecular complexity index is 1120. The lowest BCUT2D eigenvalue weighted by atomic mass is 10.1. The van der Waals surface area contributed by atoms with Crippen LogP contribution < -0.4 is 5.32 Å². The number of nitrogens with one attached hydrogen (secondary N) is 1. The fraction of sp³-hybridized carbons (Fsp3) is 0.500. The number of aliphatic hydroxyl groups excluding tert-OH is 1. The maximum absolute atomic E-state index is 11.0. The Balaban J connectivity index is 1.60. The third-order valence-corrected chi connectivity index (χ3v) is 6.82. The van der Waals surface area contributed by atoms with Crippen molar-refractivity contribution >= 4 is 35.5 Å². The molecule has 5 rings (SSSR count). The molecule has 0 saturated carbocycles. The van der Waals surface area contributed by atoms with E-state index in [1.165, 1.54) is 12.6 Å². The van der Waals surface area contributed by atoms with Gasteiger partial charge in [-0.05, 0) is 30.4 Å². The van der Waals surface area contributed by atoms with Crippen LogP contribution in [0.5, 0.6) is 0 Å². The van der Waals surface area contributed by atoms with Crippen LogP contribution in [-0.2, 0) is 25.6 Å². The topological polar surface area (TPSA) is 137 Å². The molecule has 2 fully saturated rings. The number of imidazole rings is 1. The highest BCUT2D eigenvalue weighted by Gasteiger charge is 2.52. The Kier molecular flexibility index (Phi) is 5.55. The van der Waals surface area contributed by atoms with Crippen molar-refractivity contribution in [2.24, 2.45) is 0 Å². The molecule has 0 bridgehead atoms. The molecule has 5 atom stereocenters. The van der Waals surface area contributed by atoms with Gasteiger partial charge in [-0.1, -0.05) is 13.3 Å². The molecule has 2 aliphatic heterocycles. The first-order valence-corrected chi connectivity index (χ1v) is 12.6. The average molecular weight is 467 g/mol.